The van der Waals surface area contributed by atoms with Gasteiger partial charge in [0.25, 0.3) is 11.8 Å². The largest absolute Gasteiger partial charge is 0.378 e. The van der Waals surface area contributed by atoms with E-state index >= 15 is 0 Å². The Kier molecular flexibility index (Phi) is 4.77. The number of amides is 2. The third-order valence-corrected chi connectivity index (χ3v) is 5.16. The number of hydrogen-bond donors (Lipinski definition) is 0. The second kappa shape index (κ2) is 7.40. The summed E-state index contributed by atoms with van der Waals surface area (Å²) in [7, 11) is 3.97. The number of rotatable bonds is 3. The molecule has 0 N–H and O–H groups in total. The molecule has 4 heteroatoms. The second-order valence-corrected chi connectivity index (χ2v) is 7.32. The normalized spacial score (nSPS) is 14.9. The van der Waals surface area contributed by atoms with Crippen LogP contribution in [0.4, 0.5) is 11.4 Å². The summed E-state index contributed by atoms with van der Waals surface area (Å²) in [6, 6.07) is 22.7. The number of hydrogen-bond acceptors (Lipinski definition) is 3. The molecule has 4 nitrogen and oxygen atoms in total. The number of anilines is 2. The molecule has 4 rings (SSSR count). The highest BCUT2D eigenvalue weighted by molar-refractivity contribution is 6.43. The van der Waals surface area contributed by atoms with E-state index in [0.717, 1.165) is 16.8 Å². The molecule has 0 bridgehead atoms. The van der Waals surface area contributed by atoms with E-state index in [1.54, 1.807) is 6.07 Å². The van der Waals surface area contributed by atoms with Crippen molar-refractivity contribution in [2.45, 2.75) is 6.92 Å². The van der Waals surface area contributed by atoms with E-state index in [0.29, 0.717) is 22.4 Å². The summed E-state index contributed by atoms with van der Waals surface area (Å²) >= 11 is 0. The van der Waals surface area contributed by atoms with Gasteiger partial charge in [-0.15, -0.1) is 0 Å². The Morgan fingerprint density at radius 3 is 2.03 bits per heavy atom. The molecule has 0 saturated carbocycles. The van der Waals surface area contributed by atoms with Crippen LogP contribution in [0.25, 0.3) is 11.6 Å². The highest BCUT2D eigenvalue weighted by atomic mass is 16.2. The monoisotopic (exact) mass is 382 g/mol. The minimum Gasteiger partial charge on any atom is -0.378 e. The fraction of sp³-hybridized carbons (Fsp3) is 0.120. The summed E-state index contributed by atoms with van der Waals surface area (Å²) in [5, 5.41) is 0. The number of aryl methyl sites for hydroxylation is 1. The van der Waals surface area contributed by atoms with Crippen LogP contribution in [0.2, 0.25) is 0 Å². The van der Waals surface area contributed by atoms with Gasteiger partial charge in [-0.2, -0.15) is 0 Å². The number of nitrogens with zero attached hydrogens (tertiary/aromatic N) is 2. The topological polar surface area (TPSA) is 40.6 Å². The van der Waals surface area contributed by atoms with Crippen LogP contribution in [0, 0.1) is 6.92 Å². The molecule has 1 heterocycles. The molecule has 1 aliphatic rings. The number of benzene rings is 3. The minimum absolute atomic E-state index is 0.292. The Bertz CT molecular complexity index is 1130. The molecule has 0 aromatic heterocycles. The fourth-order valence-corrected chi connectivity index (χ4v) is 3.56. The second-order valence-electron chi connectivity index (χ2n) is 7.32. The third kappa shape index (κ3) is 3.34. The standard InChI is InChI=1S/C25H22N2O2/c1-17-8-4-7-11-23(17)27-24(28)21-10-6-5-9-20(21)22(25(27)29)16-18-12-14-19(15-13-18)26(2)3/h4-16H,1-3H3/b22-16+. The average Bonchev–Trinajstić information content (AvgIpc) is 2.73. The first-order valence-electron chi connectivity index (χ1n) is 9.50. The molecule has 0 fully saturated rings. The van der Waals surface area contributed by atoms with Gasteiger partial charge in [-0.25, -0.2) is 4.90 Å². The molecule has 29 heavy (non-hydrogen) atoms. The van der Waals surface area contributed by atoms with E-state index in [-0.39, 0.29) is 11.8 Å². The van der Waals surface area contributed by atoms with Crippen molar-refractivity contribution < 1.29 is 9.59 Å². The van der Waals surface area contributed by atoms with Crippen molar-refractivity contribution in [3.05, 3.63) is 95.1 Å². The van der Waals surface area contributed by atoms with Crippen molar-refractivity contribution in [3.8, 4) is 0 Å². The van der Waals surface area contributed by atoms with Crippen molar-refractivity contribution in [1.82, 2.24) is 0 Å². The Morgan fingerprint density at radius 2 is 1.38 bits per heavy atom. The maximum absolute atomic E-state index is 13.5. The Hall–Kier alpha value is -3.66. The molecule has 3 aromatic carbocycles. The summed E-state index contributed by atoms with van der Waals surface area (Å²) in [4.78, 5) is 29.9. The van der Waals surface area contributed by atoms with Gasteiger partial charge in [-0.05, 0) is 54.0 Å². The maximum atomic E-state index is 13.5. The van der Waals surface area contributed by atoms with Gasteiger partial charge in [-0.1, -0.05) is 48.5 Å². The molecular weight excluding hydrogens is 360 g/mol. The van der Waals surface area contributed by atoms with Crippen LogP contribution in [0.15, 0.2) is 72.8 Å². The molecule has 0 unspecified atom stereocenters. The van der Waals surface area contributed by atoms with Gasteiger partial charge in [0.05, 0.1) is 5.69 Å². The lowest BCUT2D eigenvalue weighted by molar-refractivity contribution is -0.112. The van der Waals surface area contributed by atoms with Gasteiger partial charge >= 0.3 is 0 Å². The van der Waals surface area contributed by atoms with Gasteiger partial charge in [0.2, 0.25) is 0 Å². The quantitative estimate of drug-likeness (QED) is 0.483. The van der Waals surface area contributed by atoms with E-state index in [9.17, 15) is 9.59 Å². The van der Waals surface area contributed by atoms with Crippen molar-refractivity contribution >= 4 is 34.8 Å². The van der Waals surface area contributed by atoms with Crippen molar-refractivity contribution in [3.63, 3.8) is 0 Å². The van der Waals surface area contributed by atoms with E-state index in [1.807, 2.05) is 98.7 Å². The number of imide groups is 1. The van der Waals surface area contributed by atoms with Crippen LogP contribution >= 0.6 is 0 Å². The molecule has 0 atom stereocenters. The summed E-state index contributed by atoms with van der Waals surface area (Å²) in [5.74, 6) is -0.598. The number of carbonyl (C=O) groups is 2. The highest BCUT2D eigenvalue weighted by Gasteiger charge is 2.36. The third-order valence-electron chi connectivity index (χ3n) is 5.16. The first kappa shape index (κ1) is 18.7. The SMILES string of the molecule is Cc1ccccc1N1C(=O)/C(=C/c2ccc(N(C)C)cc2)c2ccccc2C1=O. The Morgan fingerprint density at radius 1 is 0.759 bits per heavy atom. The fourth-order valence-electron chi connectivity index (χ4n) is 3.56. The van der Waals surface area contributed by atoms with Crippen LogP contribution in [-0.2, 0) is 4.79 Å². The van der Waals surface area contributed by atoms with E-state index in [1.165, 1.54) is 4.90 Å². The van der Waals surface area contributed by atoms with Crippen LogP contribution < -0.4 is 9.80 Å². The first-order chi connectivity index (χ1) is 14.0. The van der Waals surface area contributed by atoms with Crippen LogP contribution in [0.3, 0.4) is 0 Å². The van der Waals surface area contributed by atoms with Gasteiger partial charge in [-0.3, -0.25) is 9.59 Å². The maximum Gasteiger partial charge on any atom is 0.265 e. The molecule has 0 aliphatic carbocycles. The predicted molar refractivity (Wildman–Crippen MR) is 118 cm³/mol. The molecular formula is C25H22N2O2. The lowest BCUT2D eigenvalue weighted by atomic mass is 9.91. The predicted octanol–water partition coefficient (Wildman–Crippen LogP) is 4.79. The molecule has 1 aliphatic heterocycles. The molecule has 2 amide bonds. The molecule has 0 spiro atoms. The first-order valence-corrected chi connectivity index (χ1v) is 9.50. The molecule has 0 saturated heterocycles. The van der Waals surface area contributed by atoms with E-state index in [4.69, 9.17) is 0 Å². The lowest BCUT2D eigenvalue weighted by Crippen LogP contribution is -2.42. The van der Waals surface area contributed by atoms with E-state index in [2.05, 4.69) is 0 Å². The van der Waals surface area contributed by atoms with Crippen LogP contribution in [0.1, 0.15) is 27.0 Å². The minimum atomic E-state index is -0.306. The Balaban J connectivity index is 1.86. The van der Waals surface area contributed by atoms with Crippen molar-refractivity contribution in [1.29, 1.82) is 0 Å². The summed E-state index contributed by atoms with van der Waals surface area (Å²) in [5.41, 5.74) is 5.21. The smallest absolute Gasteiger partial charge is 0.265 e. The molecule has 0 radical (unpaired) electrons. The molecule has 144 valence electrons. The number of para-hydroxylation sites is 1. The number of fused-ring (bicyclic) bond motifs is 1. The zero-order chi connectivity index (χ0) is 20.5. The molecule has 3 aromatic rings. The Labute approximate surface area is 170 Å². The van der Waals surface area contributed by atoms with E-state index < -0.39 is 0 Å². The highest BCUT2D eigenvalue weighted by Crippen LogP contribution is 2.34. The van der Waals surface area contributed by atoms with Gasteiger partial charge in [0.1, 0.15) is 0 Å². The summed E-state index contributed by atoms with van der Waals surface area (Å²) < 4.78 is 0. The van der Waals surface area contributed by atoms with Crippen molar-refractivity contribution in [2.75, 3.05) is 23.9 Å². The van der Waals surface area contributed by atoms with Crippen LogP contribution in [-0.4, -0.2) is 25.9 Å². The average molecular weight is 382 g/mol. The zero-order valence-corrected chi connectivity index (χ0v) is 16.7. The van der Waals surface area contributed by atoms with Gasteiger partial charge < -0.3 is 4.90 Å². The van der Waals surface area contributed by atoms with Gasteiger partial charge in [0, 0.05) is 30.9 Å². The zero-order valence-electron chi connectivity index (χ0n) is 16.7. The lowest BCUT2D eigenvalue weighted by Gasteiger charge is -2.29. The van der Waals surface area contributed by atoms with Gasteiger partial charge in [0.15, 0.2) is 0 Å². The van der Waals surface area contributed by atoms with Crippen molar-refractivity contribution in [2.24, 2.45) is 0 Å². The summed E-state index contributed by atoms with van der Waals surface area (Å²) in [6.07, 6.45) is 1.86. The summed E-state index contributed by atoms with van der Waals surface area (Å²) in [6.45, 7) is 1.90. The van der Waals surface area contributed by atoms with Crippen LogP contribution in [0.5, 0.6) is 0 Å². The number of carbonyl (C=O) groups excluding carboxylic acids is 2.